The summed E-state index contributed by atoms with van der Waals surface area (Å²) in [5.41, 5.74) is 0.994. The van der Waals surface area contributed by atoms with Crippen molar-refractivity contribution in [3.8, 4) is 6.07 Å². The van der Waals surface area contributed by atoms with Crippen LogP contribution in [0.1, 0.15) is 49.1 Å². The van der Waals surface area contributed by atoms with Crippen LogP contribution in [0.4, 0.5) is 4.39 Å². The van der Waals surface area contributed by atoms with Crippen molar-refractivity contribution in [2.45, 2.75) is 44.1 Å². The van der Waals surface area contributed by atoms with E-state index in [4.69, 9.17) is 10.00 Å². The fourth-order valence-electron chi connectivity index (χ4n) is 2.74. The smallest absolute Gasteiger partial charge is 0.309 e. The molecule has 0 N–H and O–H groups in total. The molecular weight excluding hydrogens is 269 g/mol. The molecule has 1 saturated carbocycles. The minimum atomic E-state index is -0.463. The molecule has 4 heteroatoms. The molecule has 0 radical (unpaired) electrons. The summed E-state index contributed by atoms with van der Waals surface area (Å²) in [7, 11) is 0. The van der Waals surface area contributed by atoms with Crippen molar-refractivity contribution >= 4 is 5.97 Å². The van der Waals surface area contributed by atoms with Crippen molar-refractivity contribution < 1.29 is 13.9 Å². The number of halogens is 1. The Morgan fingerprint density at radius 1 is 1.43 bits per heavy atom. The molecule has 3 nitrogen and oxygen atoms in total. The third kappa shape index (κ3) is 3.91. The summed E-state index contributed by atoms with van der Waals surface area (Å²) in [5, 5.41) is 8.74. The van der Waals surface area contributed by atoms with Crippen LogP contribution in [0.3, 0.4) is 0 Å². The lowest BCUT2D eigenvalue weighted by Gasteiger charge is -2.28. The molecule has 0 saturated heterocycles. The van der Waals surface area contributed by atoms with Crippen LogP contribution < -0.4 is 0 Å². The van der Waals surface area contributed by atoms with E-state index < -0.39 is 5.82 Å². The Hall–Kier alpha value is -2.15. The van der Waals surface area contributed by atoms with Gasteiger partial charge < -0.3 is 4.74 Å². The second-order valence-corrected chi connectivity index (χ2v) is 5.31. The minimum Gasteiger partial charge on any atom is -0.462 e. The van der Waals surface area contributed by atoms with Gasteiger partial charge in [0.25, 0.3) is 0 Å². The summed E-state index contributed by atoms with van der Waals surface area (Å²) in [5.74, 6) is -0.436. The standard InChI is InChI=1S/C17H18FNO2/c1-2-3-17(20)21-15-8-6-12(7-9-15)13-4-5-14(11-19)16(18)10-13/h2,4-5,10,12,15H,1,3,6-9H2/t12-,15-. The first-order valence-electron chi connectivity index (χ1n) is 7.14. The van der Waals surface area contributed by atoms with Gasteiger partial charge in [0.1, 0.15) is 18.0 Å². The number of ether oxygens (including phenoxy) is 1. The molecule has 1 aromatic rings. The van der Waals surface area contributed by atoms with Gasteiger partial charge in [-0.2, -0.15) is 5.26 Å². The van der Waals surface area contributed by atoms with Gasteiger partial charge in [0.15, 0.2) is 0 Å². The third-order valence-corrected chi connectivity index (χ3v) is 3.87. The minimum absolute atomic E-state index is 0.0445. The van der Waals surface area contributed by atoms with Crippen LogP contribution in [0.5, 0.6) is 0 Å². The van der Waals surface area contributed by atoms with Crippen molar-refractivity contribution in [1.82, 2.24) is 0 Å². The normalized spacial score (nSPS) is 21.3. The SMILES string of the molecule is C=CCC(=O)O[C@H]1CC[C@H](c2ccc(C#N)c(F)c2)CC1. The number of hydrogen-bond acceptors (Lipinski definition) is 3. The van der Waals surface area contributed by atoms with Crippen LogP contribution in [0.2, 0.25) is 0 Å². The molecule has 1 aromatic carbocycles. The topological polar surface area (TPSA) is 50.1 Å². The van der Waals surface area contributed by atoms with Crippen molar-refractivity contribution in [3.63, 3.8) is 0 Å². The molecule has 1 aliphatic rings. The molecule has 0 unspecified atom stereocenters. The van der Waals surface area contributed by atoms with Crippen LogP contribution in [0, 0.1) is 17.1 Å². The predicted octanol–water partition coefficient (Wildman–Crippen LogP) is 3.84. The lowest BCUT2D eigenvalue weighted by Crippen LogP contribution is -2.23. The summed E-state index contributed by atoms with van der Waals surface area (Å²) in [6.07, 6.45) is 5.02. The molecule has 21 heavy (non-hydrogen) atoms. The quantitative estimate of drug-likeness (QED) is 0.624. The highest BCUT2D eigenvalue weighted by Crippen LogP contribution is 2.34. The molecule has 0 spiro atoms. The van der Waals surface area contributed by atoms with Crippen LogP contribution in [-0.2, 0) is 9.53 Å². The molecular formula is C17H18FNO2. The lowest BCUT2D eigenvalue weighted by molar-refractivity contribution is -0.149. The molecule has 1 aliphatic carbocycles. The zero-order valence-electron chi connectivity index (χ0n) is 11.8. The van der Waals surface area contributed by atoms with Crippen molar-refractivity contribution in [3.05, 3.63) is 47.8 Å². The Balaban J connectivity index is 1.92. The highest BCUT2D eigenvalue weighted by molar-refractivity contribution is 5.71. The van der Waals surface area contributed by atoms with Gasteiger partial charge in [-0.05, 0) is 49.3 Å². The first kappa shape index (κ1) is 15.2. The number of nitrogens with zero attached hydrogens (tertiary/aromatic N) is 1. The van der Waals surface area contributed by atoms with Crippen LogP contribution in [0.25, 0.3) is 0 Å². The highest BCUT2D eigenvalue weighted by atomic mass is 19.1. The largest absolute Gasteiger partial charge is 0.462 e. The van der Waals surface area contributed by atoms with Crippen molar-refractivity contribution in [2.24, 2.45) is 0 Å². The van der Waals surface area contributed by atoms with Gasteiger partial charge in [-0.25, -0.2) is 4.39 Å². The van der Waals surface area contributed by atoms with E-state index in [1.54, 1.807) is 0 Å². The molecule has 1 fully saturated rings. The molecule has 0 aliphatic heterocycles. The van der Waals surface area contributed by atoms with Gasteiger partial charge in [-0.3, -0.25) is 4.79 Å². The van der Waals surface area contributed by atoms with Crippen LogP contribution in [-0.4, -0.2) is 12.1 Å². The van der Waals surface area contributed by atoms with Gasteiger partial charge in [-0.15, -0.1) is 6.58 Å². The summed E-state index contributed by atoms with van der Waals surface area (Å²) in [6.45, 7) is 3.51. The maximum Gasteiger partial charge on any atom is 0.309 e. The van der Waals surface area contributed by atoms with E-state index in [-0.39, 0.29) is 30.0 Å². The van der Waals surface area contributed by atoms with E-state index in [1.807, 2.05) is 12.1 Å². The van der Waals surface area contributed by atoms with Gasteiger partial charge in [0.05, 0.1) is 12.0 Å². The molecule has 0 heterocycles. The maximum absolute atomic E-state index is 13.6. The zero-order valence-corrected chi connectivity index (χ0v) is 11.8. The number of carbonyl (C=O) groups excluding carboxylic acids is 1. The summed E-state index contributed by atoms with van der Waals surface area (Å²) in [6, 6.07) is 6.62. The van der Waals surface area contributed by atoms with Gasteiger partial charge in [0, 0.05) is 0 Å². The van der Waals surface area contributed by atoms with Crippen LogP contribution in [0.15, 0.2) is 30.9 Å². The Morgan fingerprint density at radius 3 is 2.71 bits per heavy atom. The number of hydrogen-bond donors (Lipinski definition) is 0. The van der Waals surface area contributed by atoms with E-state index in [0.717, 1.165) is 31.2 Å². The van der Waals surface area contributed by atoms with Gasteiger partial charge >= 0.3 is 5.97 Å². The van der Waals surface area contributed by atoms with Crippen LogP contribution >= 0.6 is 0 Å². The van der Waals surface area contributed by atoms with Crippen molar-refractivity contribution in [1.29, 1.82) is 5.26 Å². The van der Waals surface area contributed by atoms with Crippen molar-refractivity contribution in [2.75, 3.05) is 0 Å². The Bertz CT molecular complexity index is 569. The Kier molecular flexibility index (Phi) is 5.10. The summed E-state index contributed by atoms with van der Waals surface area (Å²) < 4.78 is 19.0. The van der Waals surface area contributed by atoms with E-state index in [9.17, 15) is 9.18 Å². The summed E-state index contributed by atoms with van der Waals surface area (Å²) in [4.78, 5) is 11.4. The van der Waals surface area contributed by atoms with E-state index in [2.05, 4.69) is 6.58 Å². The zero-order chi connectivity index (χ0) is 15.2. The fraction of sp³-hybridized carbons (Fsp3) is 0.412. The number of nitriles is 1. The second-order valence-electron chi connectivity index (χ2n) is 5.31. The van der Waals surface area contributed by atoms with E-state index >= 15 is 0 Å². The summed E-state index contributed by atoms with van der Waals surface area (Å²) >= 11 is 0. The molecule has 0 atom stereocenters. The molecule has 0 aromatic heterocycles. The number of carbonyl (C=O) groups is 1. The Labute approximate surface area is 124 Å². The number of esters is 1. The number of benzene rings is 1. The van der Waals surface area contributed by atoms with E-state index in [1.165, 1.54) is 18.2 Å². The fourth-order valence-corrected chi connectivity index (χ4v) is 2.74. The molecule has 0 bridgehead atoms. The first-order chi connectivity index (χ1) is 10.1. The number of rotatable bonds is 4. The maximum atomic E-state index is 13.6. The monoisotopic (exact) mass is 287 g/mol. The molecule has 2 rings (SSSR count). The Morgan fingerprint density at radius 2 is 2.14 bits per heavy atom. The van der Waals surface area contributed by atoms with Gasteiger partial charge in [0.2, 0.25) is 0 Å². The average molecular weight is 287 g/mol. The predicted molar refractivity (Wildman–Crippen MR) is 77.0 cm³/mol. The molecule has 0 amide bonds. The second kappa shape index (κ2) is 7.03. The first-order valence-corrected chi connectivity index (χ1v) is 7.14. The van der Waals surface area contributed by atoms with E-state index in [0.29, 0.717) is 0 Å². The lowest BCUT2D eigenvalue weighted by atomic mass is 9.82. The average Bonchev–Trinajstić information content (AvgIpc) is 2.48. The third-order valence-electron chi connectivity index (χ3n) is 3.87. The van der Waals surface area contributed by atoms with Gasteiger partial charge in [-0.1, -0.05) is 12.1 Å². The molecule has 110 valence electrons. The highest BCUT2D eigenvalue weighted by Gasteiger charge is 2.25.